The van der Waals surface area contributed by atoms with E-state index in [1.807, 2.05) is 0 Å². The van der Waals surface area contributed by atoms with Gasteiger partial charge in [-0.25, -0.2) is 18.6 Å². The van der Waals surface area contributed by atoms with Crippen molar-refractivity contribution in [2.45, 2.75) is 18.7 Å². The predicted molar refractivity (Wildman–Crippen MR) is 59.4 cm³/mol. The first-order chi connectivity index (χ1) is 8.01. The highest BCUT2D eigenvalue weighted by molar-refractivity contribution is 9.08. The van der Waals surface area contributed by atoms with E-state index in [-0.39, 0.29) is 23.2 Å². The second-order valence-electron chi connectivity index (χ2n) is 3.04. The maximum atomic E-state index is 12.5. The maximum Gasteiger partial charge on any atom is 0.340 e. The molecule has 1 N–H and O–H groups in total. The number of nitrogens with zero attached hydrogens (tertiary/aromatic N) is 1. The van der Waals surface area contributed by atoms with E-state index < -0.39 is 23.8 Å². The molecule has 1 aromatic rings. The number of rotatable bonds is 4. The Balaban J connectivity index is 3.23. The lowest BCUT2D eigenvalue weighted by Gasteiger charge is -2.09. The Kier molecular flexibility index (Phi) is 4.80. The Labute approximate surface area is 105 Å². The molecule has 0 spiro atoms. The van der Waals surface area contributed by atoms with Crippen LogP contribution in [0.15, 0.2) is 6.07 Å². The normalized spacial score (nSPS) is 10.6. The number of hydrogen-bond donors (Lipinski definition) is 1. The molecule has 0 fully saturated rings. The van der Waals surface area contributed by atoms with Gasteiger partial charge in [-0.3, -0.25) is 0 Å². The molecular weight excluding hydrogens is 300 g/mol. The molecule has 17 heavy (non-hydrogen) atoms. The van der Waals surface area contributed by atoms with Gasteiger partial charge in [-0.15, -0.1) is 0 Å². The number of aromatic hydroxyl groups is 1. The van der Waals surface area contributed by atoms with Crippen LogP contribution in [0, 0.1) is 0 Å². The molecule has 0 aromatic carbocycles. The molecule has 0 bridgehead atoms. The Morgan fingerprint density at radius 1 is 1.65 bits per heavy atom. The number of aromatic nitrogens is 1. The zero-order valence-corrected chi connectivity index (χ0v) is 10.5. The molecule has 7 heteroatoms. The van der Waals surface area contributed by atoms with Crippen molar-refractivity contribution in [1.82, 2.24) is 4.98 Å². The third-order valence-corrected chi connectivity index (χ3v) is 2.47. The van der Waals surface area contributed by atoms with Gasteiger partial charge in [-0.1, -0.05) is 15.9 Å². The average Bonchev–Trinajstić information content (AvgIpc) is 2.28. The molecule has 4 nitrogen and oxygen atoms in total. The molecule has 0 amide bonds. The highest BCUT2D eigenvalue weighted by atomic mass is 79.9. The van der Waals surface area contributed by atoms with Crippen LogP contribution in [-0.4, -0.2) is 22.7 Å². The first-order valence-corrected chi connectivity index (χ1v) is 5.87. The molecule has 0 aliphatic heterocycles. The number of alkyl halides is 3. The first kappa shape index (κ1) is 13.8. The molecule has 0 unspecified atom stereocenters. The number of carbonyl (C=O) groups is 1. The van der Waals surface area contributed by atoms with Crippen molar-refractivity contribution in [2.75, 3.05) is 6.61 Å². The zero-order valence-electron chi connectivity index (χ0n) is 8.91. The highest BCUT2D eigenvalue weighted by Gasteiger charge is 2.21. The average molecular weight is 310 g/mol. The van der Waals surface area contributed by atoms with E-state index in [0.717, 1.165) is 6.07 Å². The van der Waals surface area contributed by atoms with E-state index in [9.17, 15) is 18.7 Å². The number of ether oxygens (including phenoxy) is 1. The molecule has 94 valence electrons. The van der Waals surface area contributed by atoms with Crippen LogP contribution in [0.2, 0.25) is 0 Å². The molecule has 0 aliphatic carbocycles. The minimum atomic E-state index is -2.90. The largest absolute Gasteiger partial charge is 0.506 e. The topological polar surface area (TPSA) is 59.4 Å². The number of pyridine rings is 1. The predicted octanol–water partition coefficient (Wildman–Crippen LogP) is 2.80. The van der Waals surface area contributed by atoms with Crippen LogP contribution in [0.1, 0.15) is 35.1 Å². The molecule has 1 heterocycles. The van der Waals surface area contributed by atoms with Gasteiger partial charge >= 0.3 is 5.97 Å². The summed E-state index contributed by atoms with van der Waals surface area (Å²) in [7, 11) is 0. The van der Waals surface area contributed by atoms with E-state index >= 15 is 0 Å². The molecule has 0 radical (unpaired) electrons. The smallest absolute Gasteiger partial charge is 0.340 e. The minimum Gasteiger partial charge on any atom is -0.506 e. The van der Waals surface area contributed by atoms with E-state index in [1.165, 1.54) is 0 Å². The quantitative estimate of drug-likeness (QED) is 0.686. The van der Waals surface area contributed by atoms with Gasteiger partial charge in [0.1, 0.15) is 11.4 Å². The number of halogens is 3. The van der Waals surface area contributed by atoms with Crippen LogP contribution < -0.4 is 0 Å². The van der Waals surface area contributed by atoms with E-state index in [1.54, 1.807) is 6.92 Å². The number of carbonyl (C=O) groups excluding carboxylic acids is 1. The lowest BCUT2D eigenvalue weighted by Crippen LogP contribution is -2.10. The second kappa shape index (κ2) is 5.90. The van der Waals surface area contributed by atoms with Crippen LogP contribution in [0.5, 0.6) is 5.75 Å². The van der Waals surface area contributed by atoms with Gasteiger partial charge in [0.2, 0.25) is 0 Å². The Morgan fingerprint density at radius 2 is 2.29 bits per heavy atom. The lowest BCUT2D eigenvalue weighted by atomic mass is 10.1. The summed E-state index contributed by atoms with van der Waals surface area (Å²) in [4.78, 5) is 15.0. The summed E-state index contributed by atoms with van der Waals surface area (Å²) in [6, 6.07) is 0.947. The summed E-state index contributed by atoms with van der Waals surface area (Å²) in [6.45, 7) is 1.77. The van der Waals surface area contributed by atoms with Crippen molar-refractivity contribution in [3.05, 3.63) is 23.0 Å². The summed E-state index contributed by atoms with van der Waals surface area (Å²) >= 11 is 3.04. The second-order valence-corrected chi connectivity index (χ2v) is 3.60. The van der Waals surface area contributed by atoms with Crippen LogP contribution in [-0.2, 0) is 10.1 Å². The summed E-state index contributed by atoms with van der Waals surface area (Å²) in [5, 5.41) is 9.45. The molecule has 0 atom stereocenters. The summed E-state index contributed by atoms with van der Waals surface area (Å²) < 4.78 is 29.7. The SMILES string of the molecule is CCOC(=O)c1cc(O)c(C(F)F)nc1CBr. The summed E-state index contributed by atoms with van der Waals surface area (Å²) in [5.41, 5.74) is -0.658. The van der Waals surface area contributed by atoms with Crippen LogP contribution >= 0.6 is 15.9 Å². The van der Waals surface area contributed by atoms with Crippen LogP contribution in [0.4, 0.5) is 8.78 Å². The Bertz CT molecular complexity index is 426. The summed E-state index contributed by atoms with van der Waals surface area (Å²) in [5.74, 6) is -1.42. The first-order valence-electron chi connectivity index (χ1n) is 4.75. The molecule has 0 saturated heterocycles. The summed E-state index contributed by atoms with van der Waals surface area (Å²) in [6.07, 6.45) is -2.90. The monoisotopic (exact) mass is 309 g/mol. The van der Waals surface area contributed by atoms with Gasteiger partial charge in [-0.05, 0) is 13.0 Å². The van der Waals surface area contributed by atoms with Gasteiger partial charge in [0.25, 0.3) is 6.43 Å². The van der Waals surface area contributed by atoms with Gasteiger partial charge < -0.3 is 9.84 Å². The van der Waals surface area contributed by atoms with E-state index in [4.69, 9.17) is 4.74 Å². The van der Waals surface area contributed by atoms with Gasteiger partial charge in [0, 0.05) is 5.33 Å². The molecule has 0 saturated carbocycles. The van der Waals surface area contributed by atoms with Crippen LogP contribution in [0.3, 0.4) is 0 Å². The zero-order chi connectivity index (χ0) is 13.0. The maximum absolute atomic E-state index is 12.5. The fourth-order valence-corrected chi connectivity index (χ4v) is 1.63. The molecule has 1 rings (SSSR count). The highest BCUT2D eigenvalue weighted by Crippen LogP contribution is 2.29. The Morgan fingerprint density at radius 3 is 2.76 bits per heavy atom. The fraction of sp³-hybridized carbons (Fsp3) is 0.400. The van der Waals surface area contributed by atoms with Crippen molar-refractivity contribution in [1.29, 1.82) is 0 Å². The Hall–Kier alpha value is -1.24. The third-order valence-electron chi connectivity index (χ3n) is 1.94. The fourth-order valence-electron chi connectivity index (χ4n) is 1.20. The number of esters is 1. The molecule has 0 aliphatic rings. The number of hydrogen-bond acceptors (Lipinski definition) is 4. The van der Waals surface area contributed by atoms with Gasteiger partial charge in [0.05, 0.1) is 17.9 Å². The lowest BCUT2D eigenvalue weighted by molar-refractivity contribution is 0.0523. The van der Waals surface area contributed by atoms with Crippen molar-refractivity contribution < 1.29 is 23.4 Å². The van der Waals surface area contributed by atoms with Gasteiger partial charge in [0.15, 0.2) is 0 Å². The van der Waals surface area contributed by atoms with Crippen molar-refractivity contribution >= 4 is 21.9 Å². The molecule has 1 aromatic heterocycles. The van der Waals surface area contributed by atoms with Crippen molar-refractivity contribution in [3.8, 4) is 5.75 Å². The van der Waals surface area contributed by atoms with E-state index in [2.05, 4.69) is 20.9 Å². The van der Waals surface area contributed by atoms with Crippen LogP contribution in [0.25, 0.3) is 0 Å². The third kappa shape index (κ3) is 3.12. The minimum absolute atomic E-state index is 0.0226. The van der Waals surface area contributed by atoms with Gasteiger partial charge in [-0.2, -0.15) is 0 Å². The van der Waals surface area contributed by atoms with Crippen molar-refractivity contribution in [3.63, 3.8) is 0 Å². The van der Waals surface area contributed by atoms with E-state index in [0.29, 0.717) is 0 Å². The van der Waals surface area contributed by atoms with Crippen molar-refractivity contribution in [2.24, 2.45) is 0 Å². The molecular formula is C10H10BrF2NO3. The standard InChI is InChI=1S/C10H10BrF2NO3/c1-2-17-10(16)5-3-7(15)8(9(12)13)14-6(5)4-11/h3,9,15H,2,4H2,1H3.